The Bertz CT molecular complexity index is 356. The molecule has 0 atom stereocenters. The van der Waals surface area contributed by atoms with E-state index < -0.39 is 0 Å². The van der Waals surface area contributed by atoms with Crippen LogP contribution in [0.2, 0.25) is 5.02 Å². The molecule has 0 bridgehead atoms. The first kappa shape index (κ1) is 15.3. The Kier molecular flexibility index (Phi) is 7.09. The van der Waals surface area contributed by atoms with E-state index in [2.05, 4.69) is 24.5 Å². The van der Waals surface area contributed by atoms with Crippen molar-refractivity contribution in [2.45, 2.75) is 32.9 Å². The van der Waals surface area contributed by atoms with Crippen molar-refractivity contribution in [3.05, 3.63) is 28.8 Å². The lowest BCUT2D eigenvalue weighted by Crippen LogP contribution is -2.26. The van der Waals surface area contributed by atoms with E-state index in [0.29, 0.717) is 11.1 Å². The zero-order valence-corrected chi connectivity index (χ0v) is 12.2. The molecule has 0 saturated carbocycles. The summed E-state index contributed by atoms with van der Waals surface area (Å²) in [5.74, 6) is 0.843. The highest BCUT2D eigenvalue weighted by Crippen LogP contribution is 2.22. The van der Waals surface area contributed by atoms with Crippen LogP contribution < -0.4 is 15.4 Å². The van der Waals surface area contributed by atoms with Gasteiger partial charge in [0, 0.05) is 23.2 Å². The second kappa shape index (κ2) is 8.35. The molecule has 18 heavy (non-hydrogen) atoms. The molecule has 0 aliphatic heterocycles. The van der Waals surface area contributed by atoms with Crippen LogP contribution in [0, 0.1) is 0 Å². The van der Waals surface area contributed by atoms with Gasteiger partial charge in [-0.25, -0.2) is 0 Å². The second-order valence-corrected chi connectivity index (χ2v) is 5.03. The van der Waals surface area contributed by atoms with Crippen LogP contribution in [0.25, 0.3) is 0 Å². The Morgan fingerprint density at radius 2 is 2.06 bits per heavy atom. The number of halogens is 1. The van der Waals surface area contributed by atoms with E-state index >= 15 is 0 Å². The van der Waals surface area contributed by atoms with E-state index in [1.807, 2.05) is 18.2 Å². The molecule has 1 rings (SSSR count). The summed E-state index contributed by atoms with van der Waals surface area (Å²) in [7, 11) is 1.67. The van der Waals surface area contributed by atoms with Crippen molar-refractivity contribution in [1.82, 2.24) is 10.6 Å². The quantitative estimate of drug-likeness (QED) is 0.713. The molecule has 0 heterocycles. The highest BCUT2D eigenvalue weighted by Gasteiger charge is 2.03. The minimum absolute atomic E-state index is 0.557. The van der Waals surface area contributed by atoms with Gasteiger partial charge in [0.05, 0.1) is 7.11 Å². The Morgan fingerprint density at radius 1 is 1.28 bits per heavy atom. The lowest BCUT2D eigenvalue weighted by Gasteiger charge is -2.11. The fourth-order valence-electron chi connectivity index (χ4n) is 1.69. The maximum Gasteiger partial charge on any atom is 0.124 e. The van der Waals surface area contributed by atoms with Gasteiger partial charge < -0.3 is 15.4 Å². The highest BCUT2D eigenvalue weighted by molar-refractivity contribution is 6.30. The van der Waals surface area contributed by atoms with Gasteiger partial charge >= 0.3 is 0 Å². The van der Waals surface area contributed by atoms with Crippen LogP contribution in [-0.4, -0.2) is 26.2 Å². The van der Waals surface area contributed by atoms with Crippen molar-refractivity contribution in [2.75, 3.05) is 20.2 Å². The van der Waals surface area contributed by atoms with Crippen molar-refractivity contribution in [3.8, 4) is 5.75 Å². The van der Waals surface area contributed by atoms with E-state index in [1.54, 1.807) is 7.11 Å². The smallest absolute Gasteiger partial charge is 0.124 e. The number of benzene rings is 1. The van der Waals surface area contributed by atoms with Crippen LogP contribution in [0.5, 0.6) is 5.75 Å². The number of hydrogen-bond acceptors (Lipinski definition) is 3. The van der Waals surface area contributed by atoms with Gasteiger partial charge in [0.1, 0.15) is 5.75 Å². The third-order valence-electron chi connectivity index (χ3n) is 2.65. The molecule has 0 amide bonds. The number of ether oxygens (including phenoxy) is 1. The molecular formula is C14H23ClN2O. The fourth-order valence-corrected chi connectivity index (χ4v) is 1.85. The Morgan fingerprint density at radius 3 is 2.72 bits per heavy atom. The molecule has 0 radical (unpaired) electrons. The fraction of sp³-hybridized carbons (Fsp3) is 0.571. The second-order valence-electron chi connectivity index (χ2n) is 4.60. The molecule has 1 aromatic rings. The standard InChI is InChI=1S/C14H23ClN2O/c1-11(2)17-8-4-7-16-10-12-5-6-13(15)9-14(12)18-3/h5-6,9,11,16-17H,4,7-8,10H2,1-3H3. The molecule has 0 fully saturated rings. The normalized spacial score (nSPS) is 10.9. The van der Waals surface area contributed by atoms with Crippen LogP contribution >= 0.6 is 11.6 Å². The first-order valence-electron chi connectivity index (χ1n) is 6.40. The summed E-state index contributed by atoms with van der Waals surface area (Å²) in [6.07, 6.45) is 1.12. The highest BCUT2D eigenvalue weighted by atomic mass is 35.5. The van der Waals surface area contributed by atoms with Gasteiger partial charge in [0.15, 0.2) is 0 Å². The third kappa shape index (κ3) is 5.71. The molecule has 102 valence electrons. The van der Waals surface area contributed by atoms with Crippen LogP contribution in [0.15, 0.2) is 18.2 Å². The van der Waals surface area contributed by atoms with Crippen LogP contribution in [-0.2, 0) is 6.54 Å². The first-order valence-corrected chi connectivity index (χ1v) is 6.77. The van der Waals surface area contributed by atoms with Crippen LogP contribution in [0.3, 0.4) is 0 Å². The van der Waals surface area contributed by atoms with Gasteiger partial charge in [-0.05, 0) is 31.6 Å². The molecule has 0 saturated heterocycles. The van der Waals surface area contributed by atoms with Crippen molar-refractivity contribution >= 4 is 11.6 Å². The summed E-state index contributed by atoms with van der Waals surface area (Å²) in [4.78, 5) is 0. The number of methoxy groups -OCH3 is 1. The summed E-state index contributed by atoms with van der Waals surface area (Å²) in [5, 5.41) is 7.50. The van der Waals surface area contributed by atoms with E-state index in [0.717, 1.165) is 37.4 Å². The molecule has 0 spiro atoms. The van der Waals surface area contributed by atoms with E-state index in [4.69, 9.17) is 16.3 Å². The van der Waals surface area contributed by atoms with Gasteiger partial charge in [-0.3, -0.25) is 0 Å². The molecule has 0 aliphatic rings. The molecule has 4 heteroatoms. The Hall–Kier alpha value is -0.770. The molecule has 0 aliphatic carbocycles. The maximum atomic E-state index is 5.92. The van der Waals surface area contributed by atoms with E-state index in [-0.39, 0.29) is 0 Å². The summed E-state index contributed by atoms with van der Waals surface area (Å²) in [5.41, 5.74) is 1.14. The zero-order valence-electron chi connectivity index (χ0n) is 11.4. The maximum absolute atomic E-state index is 5.92. The molecule has 1 aromatic carbocycles. The number of hydrogen-bond donors (Lipinski definition) is 2. The van der Waals surface area contributed by atoms with Crippen LogP contribution in [0.4, 0.5) is 0 Å². The molecule has 3 nitrogen and oxygen atoms in total. The number of nitrogens with one attached hydrogen (secondary N) is 2. The summed E-state index contributed by atoms with van der Waals surface area (Å²) in [6.45, 7) is 7.16. The van der Waals surface area contributed by atoms with Gasteiger partial charge in [0.2, 0.25) is 0 Å². The summed E-state index contributed by atoms with van der Waals surface area (Å²) >= 11 is 5.92. The van der Waals surface area contributed by atoms with Crippen molar-refractivity contribution < 1.29 is 4.74 Å². The molecular weight excluding hydrogens is 248 g/mol. The minimum Gasteiger partial charge on any atom is -0.496 e. The van der Waals surface area contributed by atoms with Crippen molar-refractivity contribution in [2.24, 2.45) is 0 Å². The largest absolute Gasteiger partial charge is 0.496 e. The Balaban J connectivity index is 2.27. The van der Waals surface area contributed by atoms with E-state index in [9.17, 15) is 0 Å². The van der Waals surface area contributed by atoms with E-state index in [1.165, 1.54) is 0 Å². The van der Waals surface area contributed by atoms with Gasteiger partial charge in [-0.15, -0.1) is 0 Å². The molecule has 0 unspecified atom stereocenters. The average Bonchev–Trinajstić information content (AvgIpc) is 2.34. The minimum atomic E-state index is 0.557. The monoisotopic (exact) mass is 270 g/mol. The van der Waals surface area contributed by atoms with Gasteiger partial charge in [-0.2, -0.15) is 0 Å². The molecule has 2 N–H and O–H groups in total. The zero-order chi connectivity index (χ0) is 13.4. The predicted octanol–water partition coefficient (Wildman–Crippen LogP) is 2.83. The van der Waals surface area contributed by atoms with Crippen molar-refractivity contribution in [1.29, 1.82) is 0 Å². The van der Waals surface area contributed by atoms with Gasteiger partial charge in [-0.1, -0.05) is 31.5 Å². The van der Waals surface area contributed by atoms with Crippen molar-refractivity contribution in [3.63, 3.8) is 0 Å². The SMILES string of the molecule is COc1cc(Cl)ccc1CNCCCNC(C)C. The third-order valence-corrected chi connectivity index (χ3v) is 2.88. The Labute approximate surface area is 115 Å². The number of rotatable bonds is 8. The lowest BCUT2D eigenvalue weighted by molar-refractivity contribution is 0.407. The topological polar surface area (TPSA) is 33.3 Å². The summed E-state index contributed by atoms with van der Waals surface area (Å²) < 4.78 is 5.30. The lowest BCUT2D eigenvalue weighted by atomic mass is 10.2. The molecule has 0 aromatic heterocycles. The predicted molar refractivity (Wildman–Crippen MR) is 77.5 cm³/mol. The first-order chi connectivity index (χ1) is 8.63. The van der Waals surface area contributed by atoms with Gasteiger partial charge in [0.25, 0.3) is 0 Å². The summed E-state index contributed by atoms with van der Waals surface area (Å²) in [6, 6.07) is 6.29. The van der Waals surface area contributed by atoms with Crippen LogP contribution in [0.1, 0.15) is 25.8 Å². The average molecular weight is 271 g/mol.